The van der Waals surface area contributed by atoms with E-state index in [0.717, 1.165) is 19.0 Å². The van der Waals surface area contributed by atoms with E-state index in [9.17, 15) is 0 Å². The zero-order valence-electron chi connectivity index (χ0n) is 11.7. The minimum atomic E-state index is 0.164. The molecule has 1 atom stereocenters. The highest BCUT2D eigenvalue weighted by molar-refractivity contribution is 5.55. The standard InChI is InChI=1S/C16H26N2/c1-3-15(17)14-11-7-8-12-16(14)18(4-2)13-9-5-6-10-13/h7-8,11-13,15H,3-6,9-10,17H2,1-2H3/t15-/m1/s1. The average molecular weight is 246 g/mol. The summed E-state index contributed by atoms with van der Waals surface area (Å²) < 4.78 is 0. The van der Waals surface area contributed by atoms with Crippen molar-refractivity contribution in [3.8, 4) is 0 Å². The first kappa shape index (κ1) is 13.4. The van der Waals surface area contributed by atoms with E-state index in [2.05, 4.69) is 43.0 Å². The summed E-state index contributed by atoms with van der Waals surface area (Å²) in [5, 5.41) is 0. The van der Waals surface area contributed by atoms with Crippen molar-refractivity contribution < 1.29 is 0 Å². The van der Waals surface area contributed by atoms with Gasteiger partial charge in [0.1, 0.15) is 0 Å². The van der Waals surface area contributed by atoms with Gasteiger partial charge in [-0.05, 0) is 37.8 Å². The molecule has 0 radical (unpaired) electrons. The summed E-state index contributed by atoms with van der Waals surface area (Å²) >= 11 is 0. The van der Waals surface area contributed by atoms with E-state index in [1.165, 1.54) is 36.9 Å². The molecule has 0 spiro atoms. The van der Waals surface area contributed by atoms with Gasteiger partial charge in [-0.3, -0.25) is 0 Å². The van der Waals surface area contributed by atoms with Crippen LogP contribution < -0.4 is 10.6 Å². The van der Waals surface area contributed by atoms with Gasteiger partial charge in [0.25, 0.3) is 0 Å². The smallest absolute Gasteiger partial charge is 0.0417 e. The molecule has 2 N–H and O–H groups in total. The second kappa shape index (κ2) is 6.24. The second-order valence-corrected chi connectivity index (χ2v) is 5.30. The molecule has 0 saturated heterocycles. The summed E-state index contributed by atoms with van der Waals surface area (Å²) in [4.78, 5) is 2.57. The normalized spacial score (nSPS) is 17.9. The van der Waals surface area contributed by atoms with Gasteiger partial charge < -0.3 is 10.6 Å². The van der Waals surface area contributed by atoms with E-state index < -0.39 is 0 Å². The Morgan fingerprint density at radius 1 is 1.22 bits per heavy atom. The molecule has 0 heterocycles. The fourth-order valence-corrected chi connectivity index (χ4v) is 3.12. The van der Waals surface area contributed by atoms with Crippen molar-refractivity contribution in [3.05, 3.63) is 29.8 Å². The number of nitrogens with zero attached hydrogens (tertiary/aromatic N) is 1. The molecule has 100 valence electrons. The molecular formula is C16H26N2. The number of anilines is 1. The highest BCUT2D eigenvalue weighted by Gasteiger charge is 2.24. The van der Waals surface area contributed by atoms with Crippen molar-refractivity contribution in [3.63, 3.8) is 0 Å². The molecule has 2 nitrogen and oxygen atoms in total. The van der Waals surface area contributed by atoms with Gasteiger partial charge in [-0.2, -0.15) is 0 Å². The zero-order valence-corrected chi connectivity index (χ0v) is 11.7. The fourth-order valence-electron chi connectivity index (χ4n) is 3.12. The maximum absolute atomic E-state index is 6.26. The van der Waals surface area contributed by atoms with Crippen LogP contribution in [-0.2, 0) is 0 Å². The number of hydrogen-bond acceptors (Lipinski definition) is 2. The van der Waals surface area contributed by atoms with Crippen LogP contribution in [0.3, 0.4) is 0 Å². The largest absolute Gasteiger partial charge is 0.369 e. The Morgan fingerprint density at radius 2 is 1.89 bits per heavy atom. The fraction of sp³-hybridized carbons (Fsp3) is 0.625. The first-order chi connectivity index (χ1) is 8.77. The van der Waals surface area contributed by atoms with Gasteiger partial charge >= 0.3 is 0 Å². The molecule has 2 heteroatoms. The number of rotatable bonds is 5. The molecule has 1 aromatic rings. The molecular weight excluding hydrogens is 220 g/mol. The van der Waals surface area contributed by atoms with E-state index in [0.29, 0.717) is 0 Å². The Bertz CT molecular complexity index is 369. The number of hydrogen-bond donors (Lipinski definition) is 1. The Morgan fingerprint density at radius 3 is 2.50 bits per heavy atom. The molecule has 0 aliphatic heterocycles. The first-order valence-electron chi connectivity index (χ1n) is 7.39. The third kappa shape index (κ3) is 2.69. The third-order valence-corrected chi connectivity index (χ3v) is 4.19. The Balaban J connectivity index is 2.29. The van der Waals surface area contributed by atoms with Crippen molar-refractivity contribution in [1.29, 1.82) is 0 Å². The molecule has 2 rings (SSSR count). The molecule has 1 saturated carbocycles. The van der Waals surface area contributed by atoms with Gasteiger partial charge in [0.05, 0.1) is 0 Å². The predicted octanol–water partition coefficient (Wildman–Crippen LogP) is 3.87. The van der Waals surface area contributed by atoms with Crippen molar-refractivity contribution in [2.45, 2.75) is 58.0 Å². The molecule has 1 fully saturated rings. The lowest BCUT2D eigenvalue weighted by Crippen LogP contribution is -2.34. The van der Waals surface area contributed by atoms with E-state index in [1.54, 1.807) is 0 Å². The van der Waals surface area contributed by atoms with E-state index >= 15 is 0 Å². The van der Waals surface area contributed by atoms with Crippen LogP contribution in [0.25, 0.3) is 0 Å². The first-order valence-corrected chi connectivity index (χ1v) is 7.39. The minimum Gasteiger partial charge on any atom is -0.369 e. The van der Waals surface area contributed by atoms with Crippen molar-refractivity contribution in [1.82, 2.24) is 0 Å². The molecule has 0 unspecified atom stereocenters. The van der Waals surface area contributed by atoms with Crippen molar-refractivity contribution in [2.75, 3.05) is 11.4 Å². The molecule has 1 aromatic carbocycles. The molecule has 0 amide bonds. The SMILES string of the molecule is CC[C@@H](N)c1ccccc1N(CC)C1CCCC1. The van der Waals surface area contributed by atoms with Gasteiger partial charge in [-0.15, -0.1) is 0 Å². The lowest BCUT2D eigenvalue weighted by atomic mass is 10.0. The van der Waals surface area contributed by atoms with Crippen LogP contribution in [0.1, 0.15) is 57.6 Å². The Hall–Kier alpha value is -1.02. The average Bonchev–Trinajstić information content (AvgIpc) is 2.93. The summed E-state index contributed by atoms with van der Waals surface area (Å²) in [7, 11) is 0. The summed E-state index contributed by atoms with van der Waals surface area (Å²) in [6.45, 7) is 5.50. The highest BCUT2D eigenvalue weighted by atomic mass is 15.2. The van der Waals surface area contributed by atoms with E-state index in [-0.39, 0.29) is 6.04 Å². The van der Waals surface area contributed by atoms with Crippen molar-refractivity contribution >= 4 is 5.69 Å². The lowest BCUT2D eigenvalue weighted by molar-refractivity contribution is 0.609. The van der Waals surface area contributed by atoms with Crippen LogP contribution in [-0.4, -0.2) is 12.6 Å². The van der Waals surface area contributed by atoms with Gasteiger partial charge in [0, 0.05) is 24.3 Å². The molecule has 18 heavy (non-hydrogen) atoms. The van der Waals surface area contributed by atoms with Crippen LogP contribution in [0.2, 0.25) is 0 Å². The maximum Gasteiger partial charge on any atom is 0.0417 e. The van der Waals surface area contributed by atoms with E-state index in [1.807, 2.05) is 0 Å². The molecule has 0 aromatic heterocycles. The minimum absolute atomic E-state index is 0.164. The zero-order chi connectivity index (χ0) is 13.0. The number of benzene rings is 1. The summed E-state index contributed by atoms with van der Waals surface area (Å²) in [6.07, 6.45) is 6.43. The highest BCUT2D eigenvalue weighted by Crippen LogP contribution is 2.32. The number of nitrogens with two attached hydrogens (primary N) is 1. The summed E-state index contributed by atoms with van der Waals surface area (Å²) in [5.41, 5.74) is 8.94. The monoisotopic (exact) mass is 246 g/mol. The topological polar surface area (TPSA) is 29.3 Å². The van der Waals surface area contributed by atoms with Crippen molar-refractivity contribution in [2.24, 2.45) is 5.73 Å². The van der Waals surface area contributed by atoms with Crippen LogP contribution in [0.4, 0.5) is 5.69 Å². The summed E-state index contributed by atoms with van der Waals surface area (Å²) in [5.74, 6) is 0. The second-order valence-electron chi connectivity index (χ2n) is 5.30. The lowest BCUT2D eigenvalue weighted by Gasteiger charge is -2.33. The predicted molar refractivity (Wildman–Crippen MR) is 78.9 cm³/mol. The number of para-hydroxylation sites is 1. The Labute approximate surface area is 111 Å². The maximum atomic E-state index is 6.26. The van der Waals surface area contributed by atoms with Crippen LogP contribution in [0.5, 0.6) is 0 Å². The quantitative estimate of drug-likeness (QED) is 0.854. The van der Waals surface area contributed by atoms with Crippen LogP contribution >= 0.6 is 0 Å². The van der Waals surface area contributed by atoms with E-state index in [4.69, 9.17) is 5.73 Å². The van der Waals surface area contributed by atoms with Crippen LogP contribution in [0, 0.1) is 0 Å². The van der Waals surface area contributed by atoms with Gasteiger partial charge in [-0.25, -0.2) is 0 Å². The Kier molecular flexibility index (Phi) is 4.65. The van der Waals surface area contributed by atoms with Gasteiger partial charge in [-0.1, -0.05) is 38.0 Å². The van der Waals surface area contributed by atoms with Gasteiger partial charge in [0.2, 0.25) is 0 Å². The summed E-state index contributed by atoms with van der Waals surface area (Å²) in [6, 6.07) is 9.57. The molecule has 0 bridgehead atoms. The molecule has 1 aliphatic carbocycles. The van der Waals surface area contributed by atoms with Gasteiger partial charge in [0.15, 0.2) is 0 Å². The van der Waals surface area contributed by atoms with Crippen LogP contribution in [0.15, 0.2) is 24.3 Å². The molecule has 1 aliphatic rings. The third-order valence-electron chi connectivity index (χ3n) is 4.19.